The van der Waals surface area contributed by atoms with Crippen molar-refractivity contribution < 1.29 is 4.42 Å². The van der Waals surface area contributed by atoms with Crippen molar-refractivity contribution in [3.8, 4) is 0 Å². The molecule has 15 heavy (non-hydrogen) atoms. The lowest BCUT2D eigenvalue weighted by Crippen LogP contribution is -2.37. The maximum absolute atomic E-state index is 5.55. The van der Waals surface area contributed by atoms with E-state index in [0.717, 1.165) is 6.54 Å². The van der Waals surface area contributed by atoms with E-state index < -0.39 is 0 Å². The molecule has 5 heteroatoms. The van der Waals surface area contributed by atoms with Crippen molar-refractivity contribution in [3.63, 3.8) is 0 Å². The SMILES string of the molecule is CCNCc1nnc(N(C)C2CCC2)o1. The van der Waals surface area contributed by atoms with E-state index in [-0.39, 0.29) is 0 Å². The number of nitrogens with zero attached hydrogens (tertiary/aromatic N) is 3. The van der Waals surface area contributed by atoms with Crippen molar-refractivity contribution in [2.24, 2.45) is 0 Å². The van der Waals surface area contributed by atoms with Gasteiger partial charge < -0.3 is 14.6 Å². The van der Waals surface area contributed by atoms with Crippen LogP contribution in [0.4, 0.5) is 6.01 Å². The zero-order chi connectivity index (χ0) is 10.7. The first-order valence-electron chi connectivity index (χ1n) is 5.57. The monoisotopic (exact) mass is 210 g/mol. The van der Waals surface area contributed by atoms with Gasteiger partial charge in [0.05, 0.1) is 6.54 Å². The summed E-state index contributed by atoms with van der Waals surface area (Å²) in [5.74, 6) is 0.665. The van der Waals surface area contributed by atoms with Crippen molar-refractivity contribution in [2.45, 2.75) is 38.8 Å². The summed E-state index contributed by atoms with van der Waals surface area (Å²) in [6.45, 7) is 3.62. The fourth-order valence-electron chi connectivity index (χ4n) is 1.62. The molecule has 0 bridgehead atoms. The number of anilines is 1. The molecule has 1 heterocycles. The minimum atomic E-state index is 0.595. The zero-order valence-corrected chi connectivity index (χ0v) is 9.36. The van der Waals surface area contributed by atoms with Crippen LogP contribution in [0.3, 0.4) is 0 Å². The Bertz CT molecular complexity index is 308. The Morgan fingerprint density at radius 2 is 2.27 bits per heavy atom. The number of aromatic nitrogens is 2. The van der Waals surface area contributed by atoms with Crippen LogP contribution in [0.1, 0.15) is 32.1 Å². The molecule has 0 amide bonds. The lowest BCUT2D eigenvalue weighted by molar-refractivity contribution is 0.372. The van der Waals surface area contributed by atoms with E-state index in [1.54, 1.807) is 0 Å². The Labute approximate surface area is 89.9 Å². The van der Waals surface area contributed by atoms with Crippen LogP contribution in [0, 0.1) is 0 Å². The molecule has 5 nitrogen and oxygen atoms in total. The van der Waals surface area contributed by atoms with Crippen LogP contribution in [-0.2, 0) is 6.54 Å². The Kier molecular flexibility index (Phi) is 3.20. The van der Waals surface area contributed by atoms with Crippen LogP contribution in [0.25, 0.3) is 0 Å². The molecular weight excluding hydrogens is 192 g/mol. The standard InChI is InChI=1S/C10H18N4O/c1-3-11-7-9-12-13-10(15-9)14(2)8-5-4-6-8/h8,11H,3-7H2,1-2H3. The third kappa shape index (κ3) is 2.28. The van der Waals surface area contributed by atoms with Gasteiger partial charge in [0.2, 0.25) is 5.89 Å². The van der Waals surface area contributed by atoms with Gasteiger partial charge in [0.15, 0.2) is 0 Å². The highest BCUT2D eigenvalue weighted by Crippen LogP contribution is 2.27. The van der Waals surface area contributed by atoms with Crippen molar-refractivity contribution >= 4 is 6.01 Å². The summed E-state index contributed by atoms with van der Waals surface area (Å²) in [5, 5.41) is 11.2. The van der Waals surface area contributed by atoms with Gasteiger partial charge in [-0.2, -0.15) is 0 Å². The van der Waals surface area contributed by atoms with E-state index in [1.165, 1.54) is 19.3 Å². The van der Waals surface area contributed by atoms with E-state index in [1.807, 2.05) is 7.05 Å². The zero-order valence-electron chi connectivity index (χ0n) is 9.36. The highest BCUT2D eigenvalue weighted by atomic mass is 16.4. The summed E-state index contributed by atoms with van der Waals surface area (Å²) in [6.07, 6.45) is 3.79. The van der Waals surface area contributed by atoms with Gasteiger partial charge in [-0.1, -0.05) is 12.0 Å². The van der Waals surface area contributed by atoms with Crippen LogP contribution in [0.5, 0.6) is 0 Å². The molecule has 0 aliphatic heterocycles. The van der Waals surface area contributed by atoms with Crippen LogP contribution >= 0.6 is 0 Å². The molecule has 0 spiro atoms. The Hall–Kier alpha value is -1.10. The molecule has 1 fully saturated rings. The van der Waals surface area contributed by atoms with Crippen LogP contribution < -0.4 is 10.2 Å². The van der Waals surface area contributed by atoms with Crippen LogP contribution in [-0.4, -0.2) is 29.8 Å². The third-order valence-corrected chi connectivity index (χ3v) is 2.91. The van der Waals surface area contributed by atoms with Crippen LogP contribution in [0.2, 0.25) is 0 Å². The lowest BCUT2D eigenvalue weighted by Gasteiger charge is -2.33. The minimum absolute atomic E-state index is 0.595. The van der Waals surface area contributed by atoms with E-state index >= 15 is 0 Å². The van der Waals surface area contributed by atoms with E-state index in [4.69, 9.17) is 4.42 Å². The average molecular weight is 210 g/mol. The van der Waals surface area contributed by atoms with Gasteiger partial charge in [-0.05, 0) is 25.8 Å². The lowest BCUT2D eigenvalue weighted by atomic mass is 9.92. The first-order valence-corrected chi connectivity index (χ1v) is 5.57. The Morgan fingerprint density at radius 3 is 2.87 bits per heavy atom. The minimum Gasteiger partial charge on any atom is -0.407 e. The molecular formula is C10H18N4O. The van der Waals surface area contributed by atoms with Gasteiger partial charge in [0, 0.05) is 13.1 Å². The molecule has 0 saturated heterocycles. The normalized spacial score (nSPS) is 16.4. The van der Waals surface area contributed by atoms with E-state index in [0.29, 0.717) is 24.5 Å². The first-order chi connectivity index (χ1) is 7.31. The highest BCUT2D eigenvalue weighted by molar-refractivity contribution is 5.25. The molecule has 1 aromatic heterocycles. The van der Waals surface area contributed by atoms with Gasteiger partial charge >= 0.3 is 6.01 Å². The second-order valence-electron chi connectivity index (χ2n) is 3.95. The molecule has 0 radical (unpaired) electrons. The van der Waals surface area contributed by atoms with Crippen molar-refractivity contribution in [3.05, 3.63) is 5.89 Å². The predicted molar refractivity (Wildman–Crippen MR) is 57.7 cm³/mol. The molecule has 84 valence electrons. The number of hydrogen-bond donors (Lipinski definition) is 1. The molecule has 1 aliphatic rings. The van der Waals surface area contributed by atoms with E-state index in [9.17, 15) is 0 Å². The maximum Gasteiger partial charge on any atom is 0.318 e. The summed E-state index contributed by atoms with van der Waals surface area (Å²) in [7, 11) is 2.02. The smallest absolute Gasteiger partial charge is 0.318 e. The topological polar surface area (TPSA) is 54.2 Å². The van der Waals surface area contributed by atoms with Gasteiger partial charge in [-0.25, -0.2) is 0 Å². The number of hydrogen-bond acceptors (Lipinski definition) is 5. The molecule has 2 rings (SSSR count). The molecule has 0 unspecified atom stereocenters. The van der Waals surface area contributed by atoms with Gasteiger partial charge in [0.25, 0.3) is 0 Å². The third-order valence-electron chi connectivity index (χ3n) is 2.91. The molecule has 1 N–H and O–H groups in total. The molecule has 1 aliphatic carbocycles. The summed E-state index contributed by atoms with van der Waals surface area (Å²) in [6, 6.07) is 1.24. The van der Waals surface area contributed by atoms with Crippen molar-refractivity contribution in [2.75, 3.05) is 18.5 Å². The van der Waals surface area contributed by atoms with E-state index in [2.05, 4.69) is 27.3 Å². The van der Waals surface area contributed by atoms with Crippen molar-refractivity contribution in [1.29, 1.82) is 0 Å². The van der Waals surface area contributed by atoms with Gasteiger partial charge in [0.1, 0.15) is 0 Å². The summed E-state index contributed by atoms with van der Waals surface area (Å²) in [4.78, 5) is 2.09. The quantitative estimate of drug-likeness (QED) is 0.790. The number of nitrogens with one attached hydrogen (secondary N) is 1. The number of rotatable bonds is 5. The first kappa shape index (κ1) is 10.4. The molecule has 0 aromatic carbocycles. The Morgan fingerprint density at radius 1 is 1.47 bits per heavy atom. The second kappa shape index (κ2) is 4.61. The predicted octanol–water partition coefficient (Wildman–Crippen LogP) is 1.17. The van der Waals surface area contributed by atoms with Crippen molar-refractivity contribution in [1.82, 2.24) is 15.5 Å². The summed E-state index contributed by atoms with van der Waals surface area (Å²) in [5.41, 5.74) is 0. The van der Waals surface area contributed by atoms with Gasteiger partial charge in [-0.3, -0.25) is 0 Å². The molecule has 1 saturated carbocycles. The summed E-state index contributed by atoms with van der Waals surface area (Å²) < 4.78 is 5.55. The average Bonchev–Trinajstić information content (AvgIpc) is 2.60. The highest BCUT2D eigenvalue weighted by Gasteiger charge is 2.25. The fourth-order valence-corrected chi connectivity index (χ4v) is 1.62. The second-order valence-corrected chi connectivity index (χ2v) is 3.95. The largest absolute Gasteiger partial charge is 0.407 e. The fraction of sp³-hybridized carbons (Fsp3) is 0.800. The summed E-state index contributed by atoms with van der Waals surface area (Å²) >= 11 is 0. The Balaban J connectivity index is 1.93. The maximum atomic E-state index is 5.55. The van der Waals surface area contributed by atoms with Gasteiger partial charge in [-0.15, -0.1) is 5.10 Å². The van der Waals surface area contributed by atoms with Crippen LogP contribution in [0.15, 0.2) is 4.42 Å². The molecule has 1 aromatic rings. The molecule has 0 atom stereocenters.